The Hall–Kier alpha value is -0.930. The van der Waals surface area contributed by atoms with E-state index in [2.05, 4.69) is 37.2 Å². The van der Waals surface area contributed by atoms with Gasteiger partial charge in [0, 0.05) is 12.5 Å². The van der Waals surface area contributed by atoms with E-state index < -0.39 is 5.97 Å². The first-order valence-electron chi connectivity index (χ1n) is 5.67. The van der Waals surface area contributed by atoms with Crippen LogP contribution in [0.5, 0.6) is 0 Å². The van der Waals surface area contributed by atoms with Crippen molar-refractivity contribution in [1.29, 1.82) is 0 Å². The lowest BCUT2D eigenvalue weighted by molar-refractivity contribution is 0.0698. The summed E-state index contributed by atoms with van der Waals surface area (Å²) in [4.78, 5) is 23.5. The lowest BCUT2D eigenvalue weighted by Crippen LogP contribution is -2.15. The molecule has 0 radical (unpaired) electrons. The molecule has 0 saturated heterocycles. The van der Waals surface area contributed by atoms with Gasteiger partial charge in [0.2, 0.25) is 0 Å². The van der Waals surface area contributed by atoms with Crippen molar-refractivity contribution >= 4 is 72.0 Å². The van der Waals surface area contributed by atoms with Crippen LogP contribution in [0.2, 0.25) is 0 Å². The molecular formula is C14H8Br2INO3. The van der Waals surface area contributed by atoms with Crippen molar-refractivity contribution in [3.05, 3.63) is 60.0 Å². The molecule has 7 heteroatoms. The molecule has 0 atom stereocenters. The molecule has 2 aromatic carbocycles. The number of amides is 1. The Kier molecular flexibility index (Phi) is 5.39. The Balaban J connectivity index is 2.36. The first kappa shape index (κ1) is 16.4. The number of halogens is 3. The molecule has 2 rings (SSSR count). The van der Waals surface area contributed by atoms with Gasteiger partial charge in [-0.05, 0) is 74.9 Å². The minimum absolute atomic E-state index is 0.0568. The molecule has 0 saturated carbocycles. The molecule has 2 aromatic rings. The SMILES string of the molecule is O=C(Nc1ccc(I)cc1C(=O)O)c1cc(Br)ccc1Br. The lowest BCUT2D eigenvalue weighted by Gasteiger charge is -2.10. The maximum Gasteiger partial charge on any atom is 0.337 e. The third-order valence-electron chi connectivity index (χ3n) is 2.63. The van der Waals surface area contributed by atoms with E-state index in [0.29, 0.717) is 10.0 Å². The van der Waals surface area contributed by atoms with Crippen molar-refractivity contribution in [2.24, 2.45) is 0 Å². The van der Waals surface area contributed by atoms with Gasteiger partial charge in [0.15, 0.2) is 0 Å². The Morgan fingerprint density at radius 3 is 2.43 bits per heavy atom. The summed E-state index contributed by atoms with van der Waals surface area (Å²) in [6.07, 6.45) is 0. The van der Waals surface area contributed by atoms with Crippen molar-refractivity contribution < 1.29 is 14.7 Å². The predicted octanol–water partition coefficient (Wildman–Crippen LogP) is 4.77. The van der Waals surface area contributed by atoms with Gasteiger partial charge < -0.3 is 10.4 Å². The highest BCUT2D eigenvalue weighted by molar-refractivity contribution is 14.1. The summed E-state index contributed by atoms with van der Waals surface area (Å²) in [6, 6.07) is 10.0. The van der Waals surface area contributed by atoms with Gasteiger partial charge in [-0.25, -0.2) is 4.79 Å². The van der Waals surface area contributed by atoms with E-state index in [4.69, 9.17) is 0 Å². The first-order chi connectivity index (χ1) is 9.88. The second-order valence-corrected chi connectivity index (χ2v) is 7.09. The molecule has 0 fully saturated rings. The zero-order valence-corrected chi connectivity index (χ0v) is 15.7. The van der Waals surface area contributed by atoms with E-state index in [0.717, 1.165) is 8.04 Å². The van der Waals surface area contributed by atoms with Crippen LogP contribution in [0.25, 0.3) is 0 Å². The first-order valence-corrected chi connectivity index (χ1v) is 8.34. The topological polar surface area (TPSA) is 66.4 Å². The van der Waals surface area contributed by atoms with Gasteiger partial charge in [-0.3, -0.25) is 4.79 Å². The number of rotatable bonds is 3. The molecule has 0 aliphatic heterocycles. The van der Waals surface area contributed by atoms with Gasteiger partial charge in [0.25, 0.3) is 5.91 Å². The number of hydrogen-bond acceptors (Lipinski definition) is 2. The number of carbonyl (C=O) groups excluding carboxylic acids is 1. The number of aromatic carboxylic acids is 1. The highest BCUT2D eigenvalue weighted by atomic mass is 127. The Bertz CT molecular complexity index is 734. The molecule has 2 N–H and O–H groups in total. The largest absolute Gasteiger partial charge is 0.478 e. The summed E-state index contributed by atoms with van der Waals surface area (Å²) in [7, 11) is 0. The van der Waals surface area contributed by atoms with Gasteiger partial charge in [-0.2, -0.15) is 0 Å². The van der Waals surface area contributed by atoms with Gasteiger partial charge >= 0.3 is 5.97 Å². The summed E-state index contributed by atoms with van der Waals surface area (Å²) in [5.74, 6) is -1.47. The molecule has 108 valence electrons. The third-order valence-corrected chi connectivity index (χ3v) is 4.49. The van der Waals surface area contributed by atoms with Crippen molar-refractivity contribution in [1.82, 2.24) is 0 Å². The minimum atomic E-state index is -1.09. The van der Waals surface area contributed by atoms with Gasteiger partial charge in [0.1, 0.15) is 0 Å². The van der Waals surface area contributed by atoms with E-state index in [9.17, 15) is 14.7 Å². The van der Waals surface area contributed by atoms with E-state index in [1.54, 1.807) is 30.3 Å². The van der Waals surface area contributed by atoms with Crippen LogP contribution < -0.4 is 5.32 Å². The fourth-order valence-corrected chi connectivity index (χ4v) is 2.94. The fraction of sp³-hybridized carbons (Fsp3) is 0. The van der Waals surface area contributed by atoms with Crippen molar-refractivity contribution in [2.45, 2.75) is 0 Å². The van der Waals surface area contributed by atoms with Crippen LogP contribution in [0.15, 0.2) is 45.3 Å². The summed E-state index contributed by atoms with van der Waals surface area (Å²) in [6.45, 7) is 0. The van der Waals surface area contributed by atoms with Crippen LogP contribution in [-0.4, -0.2) is 17.0 Å². The molecule has 0 aromatic heterocycles. The highest BCUT2D eigenvalue weighted by Crippen LogP contribution is 2.24. The number of carbonyl (C=O) groups is 2. The second kappa shape index (κ2) is 6.89. The summed E-state index contributed by atoms with van der Waals surface area (Å²) >= 11 is 8.63. The van der Waals surface area contributed by atoms with Crippen LogP contribution in [-0.2, 0) is 0 Å². The Morgan fingerprint density at radius 2 is 1.76 bits per heavy atom. The number of carboxylic acids is 1. The highest BCUT2D eigenvalue weighted by Gasteiger charge is 2.16. The van der Waals surface area contributed by atoms with Crippen molar-refractivity contribution in [3.8, 4) is 0 Å². The van der Waals surface area contributed by atoms with E-state index in [1.807, 2.05) is 22.6 Å². The van der Waals surface area contributed by atoms with E-state index in [-0.39, 0.29) is 17.2 Å². The molecule has 0 bridgehead atoms. The van der Waals surface area contributed by atoms with Crippen LogP contribution in [0, 0.1) is 3.57 Å². The summed E-state index contributed by atoms with van der Waals surface area (Å²) in [5.41, 5.74) is 0.737. The minimum Gasteiger partial charge on any atom is -0.478 e. The smallest absolute Gasteiger partial charge is 0.337 e. The monoisotopic (exact) mass is 523 g/mol. The van der Waals surface area contributed by atoms with Crippen molar-refractivity contribution in [3.63, 3.8) is 0 Å². The Labute approximate surface area is 151 Å². The normalized spacial score (nSPS) is 10.2. The van der Waals surface area contributed by atoms with Crippen LogP contribution in [0.3, 0.4) is 0 Å². The van der Waals surface area contributed by atoms with Crippen LogP contribution in [0.4, 0.5) is 5.69 Å². The molecule has 0 aliphatic carbocycles. The standard InChI is InChI=1S/C14H8Br2INO3/c15-7-1-3-11(16)9(5-7)13(19)18-12-4-2-8(17)6-10(12)14(20)21/h1-6H,(H,18,19)(H,20,21). The predicted molar refractivity (Wildman–Crippen MR) is 95.9 cm³/mol. The van der Waals surface area contributed by atoms with E-state index >= 15 is 0 Å². The molecule has 0 heterocycles. The number of carboxylic acid groups (broad SMARTS) is 1. The third kappa shape index (κ3) is 4.04. The van der Waals surface area contributed by atoms with Gasteiger partial charge in [0.05, 0.1) is 16.8 Å². The molecular weight excluding hydrogens is 517 g/mol. The number of benzene rings is 2. The molecule has 1 amide bonds. The molecule has 4 nitrogen and oxygen atoms in total. The number of anilines is 1. The molecule has 21 heavy (non-hydrogen) atoms. The lowest BCUT2D eigenvalue weighted by atomic mass is 10.1. The molecule has 0 spiro atoms. The summed E-state index contributed by atoms with van der Waals surface area (Å²) < 4.78 is 2.18. The average Bonchev–Trinajstić information content (AvgIpc) is 2.43. The quantitative estimate of drug-likeness (QED) is 0.569. The van der Waals surface area contributed by atoms with Gasteiger partial charge in [-0.1, -0.05) is 15.9 Å². The van der Waals surface area contributed by atoms with Crippen LogP contribution >= 0.6 is 54.5 Å². The second-order valence-electron chi connectivity index (χ2n) is 4.07. The maximum absolute atomic E-state index is 12.3. The average molecular weight is 525 g/mol. The zero-order valence-electron chi connectivity index (χ0n) is 10.4. The van der Waals surface area contributed by atoms with Crippen LogP contribution in [0.1, 0.15) is 20.7 Å². The fourth-order valence-electron chi connectivity index (χ4n) is 1.66. The van der Waals surface area contributed by atoms with Crippen molar-refractivity contribution in [2.75, 3.05) is 5.32 Å². The number of nitrogens with one attached hydrogen (secondary N) is 1. The van der Waals surface area contributed by atoms with E-state index in [1.165, 1.54) is 6.07 Å². The van der Waals surface area contributed by atoms with Gasteiger partial charge in [-0.15, -0.1) is 0 Å². The summed E-state index contributed by atoms with van der Waals surface area (Å²) in [5, 5.41) is 11.8. The maximum atomic E-state index is 12.3. The Morgan fingerprint density at radius 1 is 1.05 bits per heavy atom. The molecule has 0 aliphatic rings. The number of hydrogen-bond donors (Lipinski definition) is 2. The molecule has 0 unspecified atom stereocenters. The zero-order chi connectivity index (χ0) is 15.6.